The Hall–Kier alpha value is -2.31. The molecule has 1 atom stereocenters. The van der Waals surface area contributed by atoms with E-state index in [1.165, 1.54) is 11.8 Å². The number of halogens is 1. The molecular formula is C18H16ClN3O2S. The number of benzene rings is 2. The van der Waals surface area contributed by atoms with Crippen LogP contribution in [-0.4, -0.2) is 32.9 Å². The number of ketones is 1. The highest BCUT2D eigenvalue weighted by atomic mass is 35.5. The summed E-state index contributed by atoms with van der Waals surface area (Å²) in [4.78, 5) is 12.6. The Morgan fingerprint density at radius 3 is 2.64 bits per heavy atom. The molecule has 0 aliphatic carbocycles. The second kappa shape index (κ2) is 7.72. The van der Waals surface area contributed by atoms with Crippen molar-refractivity contribution in [3.8, 4) is 11.4 Å². The van der Waals surface area contributed by atoms with Gasteiger partial charge in [0.25, 0.3) is 0 Å². The molecule has 0 amide bonds. The maximum Gasteiger partial charge on any atom is 0.196 e. The summed E-state index contributed by atoms with van der Waals surface area (Å²) >= 11 is 7.23. The van der Waals surface area contributed by atoms with Crippen LogP contribution in [0.2, 0.25) is 5.02 Å². The van der Waals surface area contributed by atoms with Crippen LogP contribution >= 0.6 is 23.4 Å². The molecule has 0 aliphatic rings. The monoisotopic (exact) mass is 373 g/mol. The fourth-order valence-electron chi connectivity index (χ4n) is 2.36. The fraction of sp³-hybridized carbons (Fsp3) is 0.167. The largest absolute Gasteiger partial charge is 0.495 e. The molecule has 7 heteroatoms. The minimum absolute atomic E-state index is 0.0104. The zero-order valence-corrected chi connectivity index (χ0v) is 15.3. The smallest absolute Gasteiger partial charge is 0.196 e. The van der Waals surface area contributed by atoms with Crippen LogP contribution in [-0.2, 0) is 0 Å². The Labute approximate surface area is 155 Å². The van der Waals surface area contributed by atoms with Crippen LogP contribution in [0.3, 0.4) is 0 Å². The molecule has 0 bridgehead atoms. The van der Waals surface area contributed by atoms with E-state index in [2.05, 4.69) is 10.2 Å². The number of methoxy groups -OCH3 is 1. The first-order chi connectivity index (χ1) is 12.1. The molecule has 0 radical (unpaired) electrons. The normalized spacial score (nSPS) is 12.0. The maximum atomic E-state index is 12.6. The van der Waals surface area contributed by atoms with Crippen molar-refractivity contribution in [2.75, 3.05) is 7.11 Å². The number of para-hydroxylation sites is 2. The van der Waals surface area contributed by atoms with Gasteiger partial charge in [0.2, 0.25) is 0 Å². The molecule has 0 N–H and O–H groups in total. The van der Waals surface area contributed by atoms with Crippen LogP contribution in [0.25, 0.3) is 5.69 Å². The predicted octanol–water partition coefficient (Wildman–Crippen LogP) is 4.29. The molecule has 128 valence electrons. The summed E-state index contributed by atoms with van der Waals surface area (Å²) < 4.78 is 7.21. The second-order valence-corrected chi connectivity index (χ2v) is 7.03. The Kier molecular flexibility index (Phi) is 5.40. The number of hydrogen-bond donors (Lipinski definition) is 0. The molecule has 3 rings (SSSR count). The van der Waals surface area contributed by atoms with E-state index in [1.807, 2.05) is 35.8 Å². The van der Waals surface area contributed by atoms with E-state index >= 15 is 0 Å². The van der Waals surface area contributed by atoms with E-state index in [0.29, 0.717) is 21.5 Å². The minimum atomic E-state index is -0.321. The number of carbonyl (C=O) groups excluding carboxylic acids is 1. The van der Waals surface area contributed by atoms with E-state index in [-0.39, 0.29) is 11.0 Å². The third kappa shape index (κ3) is 3.86. The lowest BCUT2D eigenvalue weighted by Crippen LogP contribution is -2.14. The number of rotatable bonds is 6. The third-order valence-corrected chi connectivity index (χ3v) is 4.95. The highest BCUT2D eigenvalue weighted by Gasteiger charge is 2.20. The molecule has 1 unspecified atom stereocenters. The van der Waals surface area contributed by atoms with Crippen molar-refractivity contribution < 1.29 is 9.53 Å². The van der Waals surface area contributed by atoms with Crippen LogP contribution in [0.4, 0.5) is 0 Å². The Morgan fingerprint density at radius 2 is 1.92 bits per heavy atom. The third-order valence-electron chi connectivity index (χ3n) is 3.64. The number of carbonyl (C=O) groups is 1. The van der Waals surface area contributed by atoms with E-state index in [0.717, 1.165) is 5.69 Å². The Morgan fingerprint density at radius 1 is 1.20 bits per heavy atom. The van der Waals surface area contributed by atoms with Crippen molar-refractivity contribution in [3.63, 3.8) is 0 Å². The van der Waals surface area contributed by atoms with Crippen LogP contribution in [0.5, 0.6) is 5.75 Å². The number of nitrogens with zero attached hydrogens (tertiary/aromatic N) is 3. The molecule has 0 aliphatic heterocycles. The first-order valence-corrected chi connectivity index (χ1v) is 8.85. The summed E-state index contributed by atoms with van der Waals surface area (Å²) in [6.07, 6.45) is 1.61. The molecule has 25 heavy (non-hydrogen) atoms. The molecule has 2 aromatic carbocycles. The van der Waals surface area contributed by atoms with Crippen molar-refractivity contribution in [3.05, 3.63) is 65.4 Å². The zero-order chi connectivity index (χ0) is 17.8. The highest BCUT2D eigenvalue weighted by Crippen LogP contribution is 2.29. The summed E-state index contributed by atoms with van der Waals surface area (Å²) in [5.74, 6) is 0.720. The van der Waals surface area contributed by atoms with Crippen LogP contribution in [0.1, 0.15) is 17.3 Å². The van der Waals surface area contributed by atoms with Gasteiger partial charge in [0.05, 0.1) is 18.0 Å². The molecule has 0 fully saturated rings. The molecule has 5 nitrogen and oxygen atoms in total. The van der Waals surface area contributed by atoms with Crippen molar-refractivity contribution >= 4 is 29.1 Å². The van der Waals surface area contributed by atoms with E-state index in [9.17, 15) is 4.79 Å². The van der Waals surface area contributed by atoms with Gasteiger partial charge in [-0.15, -0.1) is 10.2 Å². The molecule has 0 saturated heterocycles. The van der Waals surface area contributed by atoms with Crippen LogP contribution < -0.4 is 4.74 Å². The average molecular weight is 374 g/mol. The Bertz CT molecular complexity index is 880. The topological polar surface area (TPSA) is 57.0 Å². The van der Waals surface area contributed by atoms with Gasteiger partial charge in [-0.2, -0.15) is 0 Å². The van der Waals surface area contributed by atoms with Gasteiger partial charge >= 0.3 is 0 Å². The summed E-state index contributed by atoms with van der Waals surface area (Å²) in [5.41, 5.74) is 1.44. The van der Waals surface area contributed by atoms with E-state index in [4.69, 9.17) is 16.3 Å². The second-order valence-electron chi connectivity index (χ2n) is 5.29. The van der Waals surface area contributed by atoms with Gasteiger partial charge in [-0.25, -0.2) is 0 Å². The number of Topliss-reactive ketones (excluding diaryl/α,β-unsaturated/α-hetero) is 1. The first kappa shape index (κ1) is 17.5. The lowest BCUT2D eigenvalue weighted by atomic mass is 10.1. The van der Waals surface area contributed by atoms with Gasteiger partial charge in [-0.05, 0) is 43.3 Å². The minimum Gasteiger partial charge on any atom is -0.495 e. The molecular weight excluding hydrogens is 358 g/mol. The molecule has 0 saturated carbocycles. The van der Waals surface area contributed by atoms with Gasteiger partial charge in [0.15, 0.2) is 10.9 Å². The van der Waals surface area contributed by atoms with Gasteiger partial charge in [-0.1, -0.05) is 35.5 Å². The van der Waals surface area contributed by atoms with Gasteiger partial charge in [0.1, 0.15) is 12.1 Å². The number of hydrogen-bond acceptors (Lipinski definition) is 5. The molecule has 3 aromatic rings. The Balaban J connectivity index is 1.83. The van der Waals surface area contributed by atoms with Gasteiger partial charge in [-0.3, -0.25) is 9.36 Å². The van der Waals surface area contributed by atoms with Crippen molar-refractivity contribution in [2.45, 2.75) is 17.3 Å². The molecule has 1 aromatic heterocycles. The lowest BCUT2D eigenvalue weighted by molar-refractivity contribution is 0.0994. The quantitative estimate of drug-likeness (QED) is 0.476. The van der Waals surface area contributed by atoms with E-state index < -0.39 is 0 Å². The van der Waals surface area contributed by atoms with Crippen LogP contribution in [0, 0.1) is 0 Å². The van der Waals surface area contributed by atoms with Crippen molar-refractivity contribution in [1.29, 1.82) is 0 Å². The molecule has 0 spiro atoms. The van der Waals surface area contributed by atoms with Gasteiger partial charge in [0, 0.05) is 10.6 Å². The highest BCUT2D eigenvalue weighted by molar-refractivity contribution is 8.00. The average Bonchev–Trinajstić information content (AvgIpc) is 3.09. The first-order valence-electron chi connectivity index (χ1n) is 7.60. The zero-order valence-electron chi connectivity index (χ0n) is 13.7. The summed E-state index contributed by atoms with van der Waals surface area (Å²) in [6, 6.07) is 14.5. The van der Waals surface area contributed by atoms with E-state index in [1.54, 1.807) is 37.7 Å². The van der Waals surface area contributed by atoms with Gasteiger partial charge < -0.3 is 4.74 Å². The SMILES string of the molecule is COc1ccccc1-n1cnnc1SC(C)C(=O)c1ccc(Cl)cc1. The van der Waals surface area contributed by atoms with Crippen molar-refractivity contribution in [1.82, 2.24) is 14.8 Å². The number of aromatic nitrogens is 3. The number of ether oxygens (including phenoxy) is 1. The molecule has 1 heterocycles. The van der Waals surface area contributed by atoms with Crippen molar-refractivity contribution in [2.24, 2.45) is 0 Å². The summed E-state index contributed by atoms with van der Waals surface area (Å²) in [6.45, 7) is 1.85. The fourth-order valence-corrected chi connectivity index (χ4v) is 3.40. The number of thioether (sulfide) groups is 1. The summed E-state index contributed by atoms with van der Waals surface area (Å²) in [7, 11) is 1.61. The predicted molar refractivity (Wildman–Crippen MR) is 99.0 cm³/mol. The summed E-state index contributed by atoms with van der Waals surface area (Å²) in [5, 5.41) is 9.03. The maximum absolute atomic E-state index is 12.6. The standard InChI is InChI=1S/C18H16ClN3O2S/c1-12(17(23)13-7-9-14(19)10-8-13)25-18-21-20-11-22(18)15-5-3-4-6-16(15)24-2/h3-12H,1-2H3. The lowest BCUT2D eigenvalue weighted by Gasteiger charge is -2.13. The van der Waals surface area contributed by atoms with Crippen LogP contribution in [0.15, 0.2) is 60.0 Å².